The number of aromatic nitrogens is 2. The summed E-state index contributed by atoms with van der Waals surface area (Å²) in [6, 6.07) is 14.4. The second-order valence-electron chi connectivity index (χ2n) is 7.26. The monoisotopic (exact) mass is 511 g/mol. The van der Waals surface area contributed by atoms with Crippen LogP contribution >= 0.6 is 22.9 Å². The predicted octanol–water partition coefficient (Wildman–Crippen LogP) is 6.90. The Balaban J connectivity index is 1.71. The minimum absolute atomic E-state index is 0.190. The first-order chi connectivity index (χ1) is 16.9. The Labute approximate surface area is 211 Å². The van der Waals surface area contributed by atoms with Crippen molar-refractivity contribution in [3.05, 3.63) is 70.3 Å². The minimum atomic E-state index is -0.598. The summed E-state index contributed by atoms with van der Waals surface area (Å²) in [5.74, 6) is -0.0124. The van der Waals surface area contributed by atoms with E-state index in [0.29, 0.717) is 49.9 Å². The fourth-order valence-corrected chi connectivity index (χ4v) is 4.45. The van der Waals surface area contributed by atoms with E-state index in [0.717, 1.165) is 5.56 Å². The number of carbonyl (C=O) groups is 2. The van der Waals surface area contributed by atoms with E-state index in [-0.39, 0.29) is 6.61 Å². The molecular formula is C25H22ClN3O5S. The van der Waals surface area contributed by atoms with Gasteiger partial charge in [-0.05, 0) is 32.9 Å². The third-order valence-electron chi connectivity index (χ3n) is 4.98. The lowest BCUT2D eigenvalue weighted by Gasteiger charge is -2.23. The number of thiazole rings is 1. The molecule has 0 fully saturated rings. The van der Waals surface area contributed by atoms with Crippen LogP contribution in [0.4, 0.5) is 16.2 Å². The Bertz CT molecular complexity index is 1350. The quantitative estimate of drug-likeness (QED) is 0.249. The van der Waals surface area contributed by atoms with E-state index in [2.05, 4.69) is 10.1 Å². The zero-order chi connectivity index (χ0) is 24.9. The van der Waals surface area contributed by atoms with Crippen LogP contribution in [0.2, 0.25) is 5.02 Å². The van der Waals surface area contributed by atoms with Crippen LogP contribution in [0.25, 0.3) is 21.9 Å². The normalized spacial score (nSPS) is 10.7. The maximum absolute atomic E-state index is 13.0. The zero-order valence-corrected chi connectivity index (χ0v) is 20.9. The SMILES string of the molecule is CCOC(=O)c1cnc(-c2ccc(-c3onc(C)c3N(C(=O)OCC)c3ccccc3Cl)cc2)s1. The van der Waals surface area contributed by atoms with Crippen molar-refractivity contribution in [1.29, 1.82) is 0 Å². The van der Waals surface area contributed by atoms with Gasteiger partial charge in [0.05, 0.1) is 30.1 Å². The molecule has 0 spiro atoms. The Hall–Kier alpha value is -3.69. The molecule has 10 heteroatoms. The fraction of sp³-hybridized carbons (Fsp3) is 0.200. The number of hydrogen-bond donors (Lipinski definition) is 0. The van der Waals surface area contributed by atoms with Crippen LogP contribution in [-0.4, -0.2) is 35.4 Å². The second kappa shape index (κ2) is 10.7. The van der Waals surface area contributed by atoms with Crippen molar-refractivity contribution in [2.24, 2.45) is 0 Å². The van der Waals surface area contributed by atoms with Crippen LogP contribution in [-0.2, 0) is 9.47 Å². The van der Waals surface area contributed by atoms with Gasteiger partial charge in [0, 0.05) is 11.1 Å². The number of amides is 1. The molecule has 0 saturated carbocycles. The lowest BCUT2D eigenvalue weighted by Crippen LogP contribution is -2.27. The average molecular weight is 512 g/mol. The van der Waals surface area contributed by atoms with Crippen molar-refractivity contribution < 1.29 is 23.6 Å². The number of esters is 1. The number of hydrogen-bond acceptors (Lipinski definition) is 8. The molecule has 0 N–H and O–H groups in total. The summed E-state index contributed by atoms with van der Waals surface area (Å²) in [5, 5.41) is 5.16. The van der Waals surface area contributed by atoms with Crippen molar-refractivity contribution >= 4 is 46.4 Å². The predicted molar refractivity (Wildman–Crippen MR) is 134 cm³/mol. The van der Waals surface area contributed by atoms with Gasteiger partial charge < -0.3 is 14.0 Å². The highest BCUT2D eigenvalue weighted by Gasteiger charge is 2.30. The number of nitrogens with zero attached hydrogens (tertiary/aromatic N) is 3. The largest absolute Gasteiger partial charge is 0.462 e. The van der Waals surface area contributed by atoms with Gasteiger partial charge in [0.25, 0.3) is 0 Å². The van der Waals surface area contributed by atoms with Gasteiger partial charge in [-0.3, -0.25) is 0 Å². The molecule has 0 aliphatic heterocycles. The Morgan fingerprint density at radius 1 is 1.03 bits per heavy atom. The van der Waals surface area contributed by atoms with Crippen molar-refractivity contribution in [2.45, 2.75) is 20.8 Å². The highest BCUT2D eigenvalue weighted by atomic mass is 35.5. The van der Waals surface area contributed by atoms with Gasteiger partial charge in [-0.15, -0.1) is 11.3 Å². The van der Waals surface area contributed by atoms with Gasteiger partial charge in [0.15, 0.2) is 5.76 Å². The van der Waals surface area contributed by atoms with Gasteiger partial charge in [-0.1, -0.05) is 53.2 Å². The topological polar surface area (TPSA) is 94.8 Å². The summed E-state index contributed by atoms with van der Waals surface area (Å²) in [4.78, 5) is 31.1. The first kappa shape index (κ1) is 24.4. The number of para-hydroxylation sites is 1. The number of ether oxygens (including phenoxy) is 2. The molecule has 0 aliphatic carbocycles. The Morgan fingerprint density at radius 3 is 2.40 bits per heavy atom. The molecule has 0 radical (unpaired) electrons. The third kappa shape index (κ3) is 5.06. The minimum Gasteiger partial charge on any atom is -0.462 e. The maximum atomic E-state index is 13.0. The molecule has 0 bridgehead atoms. The zero-order valence-electron chi connectivity index (χ0n) is 19.3. The lowest BCUT2D eigenvalue weighted by molar-refractivity contribution is 0.0531. The molecule has 2 heterocycles. The highest BCUT2D eigenvalue weighted by Crippen LogP contribution is 2.41. The molecule has 2 aromatic carbocycles. The van der Waals surface area contributed by atoms with E-state index in [4.69, 9.17) is 25.6 Å². The summed E-state index contributed by atoms with van der Waals surface area (Å²) in [5.41, 5.74) is 2.89. The molecule has 4 aromatic rings. The second-order valence-corrected chi connectivity index (χ2v) is 8.70. The van der Waals surface area contributed by atoms with Gasteiger partial charge in [0.1, 0.15) is 21.3 Å². The van der Waals surface area contributed by atoms with Crippen molar-refractivity contribution in [2.75, 3.05) is 18.1 Å². The molecule has 35 heavy (non-hydrogen) atoms. The third-order valence-corrected chi connectivity index (χ3v) is 6.32. The summed E-state index contributed by atoms with van der Waals surface area (Å²) in [6.07, 6.45) is 0.907. The van der Waals surface area contributed by atoms with E-state index in [1.165, 1.54) is 22.4 Å². The fourth-order valence-electron chi connectivity index (χ4n) is 3.42. The number of anilines is 2. The van der Waals surface area contributed by atoms with E-state index in [9.17, 15) is 9.59 Å². The van der Waals surface area contributed by atoms with Crippen molar-refractivity contribution in [3.63, 3.8) is 0 Å². The summed E-state index contributed by atoms with van der Waals surface area (Å²) in [7, 11) is 0. The van der Waals surface area contributed by atoms with E-state index in [1.54, 1.807) is 45.0 Å². The van der Waals surface area contributed by atoms with E-state index >= 15 is 0 Å². The molecule has 2 aromatic heterocycles. The molecule has 4 rings (SSSR count). The van der Waals surface area contributed by atoms with E-state index in [1.807, 2.05) is 24.3 Å². The molecule has 180 valence electrons. The van der Waals surface area contributed by atoms with Crippen LogP contribution in [0.3, 0.4) is 0 Å². The summed E-state index contributed by atoms with van der Waals surface area (Å²) < 4.78 is 16.0. The first-order valence-electron chi connectivity index (χ1n) is 10.9. The molecule has 0 aliphatic rings. The Morgan fingerprint density at radius 2 is 1.71 bits per heavy atom. The molecule has 8 nitrogen and oxygen atoms in total. The standard InChI is InChI=1S/C25H22ClN3O5S/c1-4-32-24(30)20-14-27-23(35-20)17-12-10-16(11-13-17)22-21(15(3)28-34-22)29(25(31)33-5-2)19-9-7-6-8-18(19)26/h6-14H,4-5H2,1-3H3. The van der Waals surface area contributed by atoms with E-state index < -0.39 is 12.1 Å². The summed E-state index contributed by atoms with van der Waals surface area (Å²) in [6.45, 7) is 5.72. The molecule has 0 unspecified atom stereocenters. The van der Waals surface area contributed by atoms with Gasteiger partial charge >= 0.3 is 12.1 Å². The molecular weight excluding hydrogens is 490 g/mol. The number of halogens is 1. The maximum Gasteiger partial charge on any atom is 0.419 e. The van der Waals surface area contributed by atoms with Crippen LogP contribution in [0.1, 0.15) is 29.2 Å². The van der Waals surface area contributed by atoms with Crippen molar-refractivity contribution in [3.8, 4) is 21.9 Å². The van der Waals surface area contributed by atoms with Crippen molar-refractivity contribution in [1.82, 2.24) is 10.1 Å². The van der Waals surface area contributed by atoms with Gasteiger partial charge in [-0.25, -0.2) is 19.5 Å². The van der Waals surface area contributed by atoms with Crippen LogP contribution in [0, 0.1) is 6.92 Å². The number of aryl methyl sites for hydroxylation is 1. The molecule has 1 amide bonds. The average Bonchev–Trinajstić information content (AvgIpc) is 3.49. The lowest BCUT2D eigenvalue weighted by atomic mass is 10.1. The highest BCUT2D eigenvalue weighted by molar-refractivity contribution is 7.16. The van der Waals surface area contributed by atoms with Crippen LogP contribution in [0.5, 0.6) is 0 Å². The van der Waals surface area contributed by atoms with Crippen LogP contribution in [0.15, 0.2) is 59.3 Å². The number of benzene rings is 2. The number of rotatable bonds is 7. The first-order valence-corrected chi connectivity index (χ1v) is 12.1. The Kier molecular flexibility index (Phi) is 7.48. The van der Waals surface area contributed by atoms with Crippen LogP contribution < -0.4 is 4.90 Å². The van der Waals surface area contributed by atoms with Gasteiger partial charge in [-0.2, -0.15) is 0 Å². The molecule has 0 atom stereocenters. The number of carbonyl (C=O) groups excluding carboxylic acids is 2. The van der Waals surface area contributed by atoms with Gasteiger partial charge in [0.2, 0.25) is 0 Å². The molecule has 0 saturated heterocycles. The summed E-state index contributed by atoms with van der Waals surface area (Å²) >= 11 is 7.67. The smallest absolute Gasteiger partial charge is 0.419 e.